The van der Waals surface area contributed by atoms with Crippen LogP contribution >= 0.6 is 0 Å². The third-order valence-corrected chi connectivity index (χ3v) is 6.64. The molecule has 45 heavy (non-hydrogen) atoms. The summed E-state index contributed by atoms with van der Waals surface area (Å²) in [5.74, 6) is -0.537. The first-order valence-electron chi connectivity index (χ1n) is 14.6. The second-order valence-corrected chi connectivity index (χ2v) is 10.3. The molecule has 0 spiro atoms. The van der Waals surface area contributed by atoms with Crippen molar-refractivity contribution in [2.24, 2.45) is 0 Å². The van der Waals surface area contributed by atoms with E-state index in [1.165, 1.54) is 7.11 Å². The Morgan fingerprint density at radius 1 is 0.711 bits per heavy atom. The van der Waals surface area contributed by atoms with E-state index in [0.29, 0.717) is 35.7 Å². The predicted molar refractivity (Wildman–Crippen MR) is 173 cm³/mol. The van der Waals surface area contributed by atoms with Gasteiger partial charge in [-0.05, 0) is 91.8 Å². The molecule has 0 aliphatic rings. The molecule has 0 fully saturated rings. The summed E-state index contributed by atoms with van der Waals surface area (Å²) in [7, 11) is 1.25. The van der Waals surface area contributed by atoms with E-state index in [9.17, 15) is 19.2 Å². The van der Waals surface area contributed by atoms with Crippen LogP contribution in [0.3, 0.4) is 0 Å². The number of unbranched alkanes of at least 4 members (excludes halogenated alkanes) is 3. The molecule has 0 N–H and O–H groups in total. The van der Waals surface area contributed by atoms with Crippen LogP contribution in [-0.4, -0.2) is 44.0 Å². The average Bonchev–Trinajstić information content (AvgIpc) is 3.05. The predicted octanol–water partition coefficient (Wildman–Crippen LogP) is 7.33. The van der Waals surface area contributed by atoms with Crippen molar-refractivity contribution in [1.82, 2.24) is 0 Å². The maximum Gasteiger partial charge on any atom is 0.338 e. The van der Waals surface area contributed by atoms with Crippen molar-refractivity contribution in [2.45, 2.75) is 39.0 Å². The zero-order chi connectivity index (χ0) is 32.6. The van der Waals surface area contributed by atoms with E-state index in [2.05, 4.69) is 17.9 Å². The lowest BCUT2D eigenvalue weighted by Gasteiger charge is -2.08. The number of hydrogen-bond donors (Lipinski definition) is 0. The molecule has 3 aromatic carbocycles. The zero-order valence-electron chi connectivity index (χ0n) is 25.7. The number of esters is 3. The minimum absolute atomic E-state index is 0.0796. The molecular formula is C37H38O8. The van der Waals surface area contributed by atoms with Crippen molar-refractivity contribution < 1.29 is 38.1 Å². The van der Waals surface area contributed by atoms with Crippen LogP contribution in [0.5, 0.6) is 11.5 Å². The Morgan fingerprint density at radius 2 is 1.29 bits per heavy atom. The maximum absolute atomic E-state index is 12.7. The van der Waals surface area contributed by atoms with Gasteiger partial charge >= 0.3 is 17.9 Å². The highest BCUT2D eigenvalue weighted by molar-refractivity contribution is 6.06. The van der Waals surface area contributed by atoms with Crippen LogP contribution in [0.1, 0.15) is 54.9 Å². The summed E-state index contributed by atoms with van der Waals surface area (Å²) in [6.45, 7) is 9.52. The van der Waals surface area contributed by atoms with Crippen molar-refractivity contribution in [1.29, 1.82) is 0 Å². The molecule has 0 amide bonds. The Morgan fingerprint density at radius 3 is 1.89 bits per heavy atom. The first-order chi connectivity index (χ1) is 21.7. The van der Waals surface area contributed by atoms with Crippen molar-refractivity contribution in [2.75, 3.05) is 20.3 Å². The van der Waals surface area contributed by atoms with Crippen molar-refractivity contribution >= 4 is 29.8 Å². The Kier molecular flexibility index (Phi) is 13.5. The highest BCUT2D eigenvalue weighted by Crippen LogP contribution is 2.24. The number of hydrogen-bond acceptors (Lipinski definition) is 8. The zero-order valence-corrected chi connectivity index (χ0v) is 25.7. The summed E-state index contributed by atoms with van der Waals surface area (Å²) in [5, 5.41) is 0. The first kappa shape index (κ1) is 34.3. The van der Waals surface area contributed by atoms with Gasteiger partial charge in [0.2, 0.25) is 0 Å². The van der Waals surface area contributed by atoms with E-state index >= 15 is 0 Å². The average molecular weight is 611 g/mol. The highest BCUT2D eigenvalue weighted by Gasteiger charge is 2.13. The molecule has 0 aliphatic carbocycles. The van der Waals surface area contributed by atoms with E-state index in [4.69, 9.17) is 14.2 Å². The van der Waals surface area contributed by atoms with E-state index < -0.39 is 17.9 Å². The van der Waals surface area contributed by atoms with E-state index in [0.717, 1.165) is 36.0 Å². The summed E-state index contributed by atoms with van der Waals surface area (Å²) < 4.78 is 20.6. The summed E-state index contributed by atoms with van der Waals surface area (Å²) in [5.41, 5.74) is 3.83. The molecule has 0 saturated heterocycles. The fourth-order valence-electron chi connectivity index (χ4n) is 4.01. The van der Waals surface area contributed by atoms with Crippen molar-refractivity contribution in [3.05, 3.63) is 114 Å². The van der Waals surface area contributed by atoms with Gasteiger partial charge in [-0.15, -0.1) is 0 Å². The van der Waals surface area contributed by atoms with Crippen molar-refractivity contribution in [3.8, 4) is 22.6 Å². The van der Waals surface area contributed by atoms with Gasteiger partial charge in [0.05, 0.1) is 26.7 Å². The first-order valence-corrected chi connectivity index (χ1v) is 14.6. The van der Waals surface area contributed by atoms with Gasteiger partial charge in [-0.1, -0.05) is 55.6 Å². The molecule has 0 bridgehead atoms. The van der Waals surface area contributed by atoms with E-state index in [1.807, 2.05) is 36.4 Å². The van der Waals surface area contributed by atoms with Crippen LogP contribution < -0.4 is 9.47 Å². The molecule has 3 aromatic rings. The van der Waals surface area contributed by atoms with Crippen LogP contribution in [-0.2, 0) is 23.9 Å². The van der Waals surface area contributed by atoms with Crippen LogP contribution in [0.25, 0.3) is 17.2 Å². The summed E-state index contributed by atoms with van der Waals surface area (Å²) in [4.78, 5) is 47.3. The molecule has 0 atom stereocenters. The summed E-state index contributed by atoms with van der Waals surface area (Å²) in [6.07, 6.45) is 6.45. The molecule has 3 rings (SSSR count). The fourth-order valence-corrected chi connectivity index (χ4v) is 4.01. The molecule has 8 heteroatoms. The molecule has 0 aliphatic heterocycles. The van der Waals surface area contributed by atoms with Gasteiger partial charge in [-0.25, -0.2) is 9.59 Å². The number of benzene rings is 3. The normalized spacial score (nSPS) is 10.6. The number of ketones is 1. The third kappa shape index (κ3) is 11.8. The Labute approximate surface area is 264 Å². The lowest BCUT2D eigenvalue weighted by molar-refractivity contribution is -0.144. The van der Waals surface area contributed by atoms with Gasteiger partial charge in [0.15, 0.2) is 5.78 Å². The van der Waals surface area contributed by atoms with Gasteiger partial charge in [0.25, 0.3) is 0 Å². The topological polar surface area (TPSA) is 105 Å². The van der Waals surface area contributed by atoms with Gasteiger partial charge < -0.3 is 18.9 Å². The molecule has 0 saturated carbocycles. The Balaban J connectivity index is 1.35. The quantitative estimate of drug-likeness (QED) is 0.0514. The molecule has 8 nitrogen and oxygen atoms in total. The Bertz CT molecular complexity index is 1510. The van der Waals surface area contributed by atoms with Gasteiger partial charge in [-0.2, -0.15) is 0 Å². The summed E-state index contributed by atoms with van der Waals surface area (Å²) >= 11 is 0. The molecular weight excluding hydrogens is 572 g/mol. The van der Waals surface area contributed by atoms with Gasteiger partial charge in [0.1, 0.15) is 11.5 Å². The van der Waals surface area contributed by atoms with Crippen LogP contribution in [0.4, 0.5) is 0 Å². The largest absolute Gasteiger partial charge is 0.494 e. The number of carbonyl (C=O) groups is 4. The number of carbonyl (C=O) groups excluding carboxylic acids is 4. The number of rotatable bonds is 17. The standard InChI is InChI=1S/C37H38O8/c1-26(2)36(40)45-33-20-14-30(15-21-33)29-12-9-28(10-13-29)11-22-34(38)31-16-18-32(19-17-31)43-23-7-5-6-8-24-44-37(41)27(3)25-35(39)42-4/h9-22H,1,3,5-8,23-25H2,2,4H3/b22-11+. The number of allylic oxidation sites excluding steroid dienone is 1. The fraction of sp³-hybridized carbons (Fsp3) is 0.243. The SMILES string of the molecule is C=C(C)C(=O)Oc1ccc(-c2ccc(/C=C/C(=O)c3ccc(OCCCCCCOC(=O)C(=C)CC(=O)OC)cc3)cc2)cc1. The van der Waals surface area contributed by atoms with Gasteiger partial charge in [-0.3, -0.25) is 9.59 Å². The van der Waals surface area contributed by atoms with E-state index in [1.54, 1.807) is 55.5 Å². The van der Waals surface area contributed by atoms with Crippen molar-refractivity contribution in [3.63, 3.8) is 0 Å². The second-order valence-electron chi connectivity index (χ2n) is 10.3. The Hall–Kier alpha value is -5.24. The van der Waals surface area contributed by atoms with E-state index in [-0.39, 0.29) is 24.4 Å². The maximum atomic E-state index is 12.7. The molecule has 0 radical (unpaired) electrons. The molecule has 0 unspecified atom stereocenters. The lowest BCUT2D eigenvalue weighted by atomic mass is 10.0. The van der Waals surface area contributed by atoms with Gasteiger partial charge in [0, 0.05) is 16.7 Å². The van der Waals surface area contributed by atoms with Crippen LogP contribution in [0.2, 0.25) is 0 Å². The molecule has 234 valence electrons. The molecule has 0 aromatic heterocycles. The van der Waals surface area contributed by atoms with Crippen LogP contribution in [0.15, 0.2) is 103 Å². The number of methoxy groups -OCH3 is 1. The van der Waals surface area contributed by atoms with Crippen LogP contribution in [0, 0.1) is 0 Å². The monoisotopic (exact) mass is 610 g/mol. The highest BCUT2D eigenvalue weighted by atomic mass is 16.5. The summed E-state index contributed by atoms with van der Waals surface area (Å²) in [6, 6.07) is 22.1. The minimum atomic E-state index is -0.582. The smallest absolute Gasteiger partial charge is 0.338 e. The minimum Gasteiger partial charge on any atom is -0.494 e. The third-order valence-electron chi connectivity index (χ3n) is 6.64. The lowest BCUT2D eigenvalue weighted by Crippen LogP contribution is -2.12. The molecule has 0 heterocycles. The second kappa shape index (κ2) is 17.8. The number of ether oxygens (including phenoxy) is 4.